The summed E-state index contributed by atoms with van der Waals surface area (Å²) in [6.07, 6.45) is 4.82. The first-order valence-corrected chi connectivity index (χ1v) is 9.17. The molecule has 4 rings (SSSR count). The van der Waals surface area contributed by atoms with Crippen LogP contribution in [0.3, 0.4) is 0 Å². The smallest absolute Gasteiger partial charge is 0.307 e. The fourth-order valence-electron chi connectivity index (χ4n) is 4.70. The van der Waals surface area contributed by atoms with E-state index in [1.807, 2.05) is 41.3 Å². The Bertz CT molecular complexity index is 739. The Morgan fingerprint density at radius 2 is 1.77 bits per heavy atom. The summed E-state index contributed by atoms with van der Waals surface area (Å²) in [7, 11) is 1.65. The van der Waals surface area contributed by atoms with Crippen molar-refractivity contribution < 1.29 is 19.4 Å². The van der Waals surface area contributed by atoms with Gasteiger partial charge in [-0.05, 0) is 30.4 Å². The molecule has 0 unspecified atom stereocenters. The number of nitrogens with zero attached hydrogens (tertiary/aromatic N) is 2. The quantitative estimate of drug-likeness (QED) is 0.834. The van der Waals surface area contributed by atoms with Crippen molar-refractivity contribution in [2.45, 2.75) is 6.42 Å². The molecule has 138 valence electrons. The van der Waals surface area contributed by atoms with Crippen LogP contribution in [0, 0.1) is 23.7 Å². The number of piperazine rings is 1. The second-order valence-corrected chi connectivity index (χ2v) is 7.35. The molecular formula is C20H24N2O4. The fraction of sp³-hybridized carbons (Fsp3) is 0.500. The number of carboxylic acids is 1. The molecule has 0 radical (unpaired) electrons. The monoisotopic (exact) mass is 356 g/mol. The minimum atomic E-state index is -0.838. The maximum absolute atomic E-state index is 13.0. The number of fused-ring (bicyclic) bond motifs is 2. The number of methoxy groups -OCH3 is 1. The molecule has 1 saturated carbocycles. The average Bonchev–Trinajstić information content (AvgIpc) is 3.29. The van der Waals surface area contributed by atoms with Crippen molar-refractivity contribution in [1.29, 1.82) is 0 Å². The van der Waals surface area contributed by atoms with Gasteiger partial charge < -0.3 is 19.6 Å². The molecule has 3 aliphatic rings. The number of carbonyl (C=O) groups excluding carboxylic acids is 1. The lowest BCUT2D eigenvalue weighted by Crippen LogP contribution is -2.52. The zero-order chi connectivity index (χ0) is 18.3. The number of amides is 1. The van der Waals surface area contributed by atoms with E-state index in [9.17, 15) is 14.7 Å². The Balaban J connectivity index is 1.42. The normalized spacial score (nSPS) is 29.9. The molecule has 2 fully saturated rings. The molecule has 0 aromatic heterocycles. The van der Waals surface area contributed by atoms with E-state index in [-0.39, 0.29) is 17.7 Å². The first-order chi connectivity index (χ1) is 12.6. The van der Waals surface area contributed by atoms with Gasteiger partial charge in [0.15, 0.2) is 0 Å². The highest BCUT2D eigenvalue weighted by atomic mass is 16.5. The van der Waals surface area contributed by atoms with Gasteiger partial charge in [0.1, 0.15) is 5.75 Å². The summed E-state index contributed by atoms with van der Waals surface area (Å²) >= 11 is 0. The zero-order valence-electron chi connectivity index (χ0n) is 14.9. The van der Waals surface area contributed by atoms with Crippen LogP contribution in [-0.2, 0) is 9.59 Å². The second kappa shape index (κ2) is 6.67. The van der Waals surface area contributed by atoms with E-state index in [1.165, 1.54) is 0 Å². The van der Waals surface area contributed by atoms with Gasteiger partial charge in [0.2, 0.25) is 5.91 Å². The minimum absolute atomic E-state index is 0.0135. The fourth-order valence-corrected chi connectivity index (χ4v) is 4.70. The van der Waals surface area contributed by atoms with E-state index >= 15 is 0 Å². The van der Waals surface area contributed by atoms with Gasteiger partial charge in [-0.3, -0.25) is 9.59 Å². The van der Waals surface area contributed by atoms with Crippen LogP contribution >= 0.6 is 0 Å². The van der Waals surface area contributed by atoms with Crippen molar-refractivity contribution in [3.63, 3.8) is 0 Å². The van der Waals surface area contributed by atoms with Gasteiger partial charge in [0, 0.05) is 37.9 Å². The third-order valence-corrected chi connectivity index (χ3v) is 6.04. The van der Waals surface area contributed by atoms with Crippen LogP contribution in [0.2, 0.25) is 0 Å². The van der Waals surface area contributed by atoms with Crippen molar-refractivity contribution in [3.8, 4) is 5.75 Å². The Morgan fingerprint density at radius 3 is 2.42 bits per heavy atom. The summed E-state index contributed by atoms with van der Waals surface area (Å²) in [6.45, 7) is 2.74. The molecule has 2 bridgehead atoms. The Morgan fingerprint density at radius 1 is 1.08 bits per heavy atom. The molecule has 6 nitrogen and oxygen atoms in total. The van der Waals surface area contributed by atoms with Gasteiger partial charge in [-0.25, -0.2) is 0 Å². The summed E-state index contributed by atoms with van der Waals surface area (Å²) in [5.74, 6) is -0.858. The zero-order valence-corrected chi connectivity index (χ0v) is 14.9. The number of rotatable bonds is 4. The van der Waals surface area contributed by atoms with Crippen molar-refractivity contribution >= 4 is 17.6 Å². The highest BCUT2D eigenvalue weighted by molar-refractivity contribution is 5.87. The molecule has 0 spiro atoms. The molecule has 1 amide bonds. The number of hydrogen-bond donors (Lipinski definition) is 1. The van der Waals surface area contributed by atoms with Crippen molar-refractivity contribution in [2.24, 2.45) is 23.7 Å². The van der Waals surface area contributed by atoms with Crippen LogP contribution in [0.1, 0.15) is 6.42 Å². The van der Waals surface area contributed by atoms with E-state index in [0.29, 0.717) is 13.1 Å². The van der Waals surface area contributed by atoms with Crippen LogP contribution < -0.4 is 9.64 Å². The van der Waals surface area contributed by atoms with Gasteiger partial charge in [-0.15, -0.1) is 0 Å². The number of ether oxygens (including phenoxy) is 1. The summed E-state index contributed by atoms with van der Waals surface area (Å²) in [6, 6.07) is 7.92. The van der Waals surface area contributed by atoms with Gasteiger partial charge in [-0.2, -0.15) is 0 Å². The topological polar surface area (TPSA) is 70.1 Å². The Hall–Kier alpha value is -2.50. The molecule has 1 aliphatic heterocycles. The molecule has 1 saturated heterocycles. The number of anilines is 1. The average molecular weight is 356 g/mol. The SMILES string of the molecule is COc1cccc(N2CCN(C(=O)[C@H]3[C@@H](C(=O)O)[C@H]4C=C[C@@H]3C4)CC2)c1. The summed E-state index contributed by atoms with van der Waals surface area (Å²) in [5.41, 5.74) is 1.09. The van der Waals surface area contributed by atoms with Gasteiger partial charge >= 0.3 is 5.97 Å². The molecule has 4 atom stereocenters. The van der Waals surface area contributed by atoms with E-state index in [1.54, 1.807) is 7.11 Å². The summed E-state index contributed by atoms with van der Waals surface area (Å²) in [5, 5.41) is 9.57. The van der Waals surface area contributed by atoms with Crippen molar-refractivity contribution in [2.75, 3.05) is 38.2 Å². The van der Waals surface area contributed by atoms with Crippen molar-refractivity contribution in [3.05, 3.63) is 36.4 Å². The summed E-state index contributed by atoms with van der Waals surface area (Å²) in [4.78, 5) is 28.8. The minimum Gasteiger partial charge on any atom is -0.497 e. The van der Waals surface area contributed by atoms with Crippen LogP contribution in [-0.4, -0.2) is 55.2 Å². The van der Waals surface area contributed by atoms with E-state index < -0.39 is 17.8 Å². The predicted octanol–water partition coefficient (Wildman–Crippen LogP) is 1.87. The molecule has 6 heteroatoms. The number of carboxylic acid groups (broad SMARTS) is 1. The van der Waals surface area contributed by atoms with E-state index in [2.05, 4.69) is 4.90 Å². The van der Waals surface area contributed by atoms with Crippen LogP contribution in [0.25, 0.3) is 0 Å². The number of hydrogen-bond acceptors (Lipinski definition) is 4. The van der Waals surface area contributed by atoms with Crippen LogP contribution in [0.5, 0.6) is 5.75 Å². The molecule has 1 N–H and O–H groups in total. The lowest BCUT2D eigenvalue weighted by atomic mass is 9.82. The molecule has 1 aromatic carbocycles. The molecule has 2 aliphatic carbocycles. The van der Waals surface area contributed by atoms with Gasteiger partial charge in [-0.1, -0.05) is 18.2 Å². The van der Waals surface area contributed by atoms with Crippen LogP contribution in [0.15, 0.2) is 36.4 Å². The largest absolute Gasteiger partial charge is 0.497 e. The lowest BCUT2D eigenvalue weighted by Gasteiger charge is -2.38. The highest BCUT2D eigenvalue weighted by Gasteiger charge is 2.52. The molecular weight excluding hydrogens is 332 g/mol. The molecule has 1 heterocycles. The van der Waals surface area contributed by atoms with E-state index in [4.69, 9.17) is 4.74 Å². The predicted molar refractivity (Wildman–Crippen MR) is 97.1 cm³/mol. The second-order valence-electron chi connectivity index (χ2n) is 7.35. The maximum Gasteiger partial charge on any atom is 0.307 e. The van der Waals surface area contributed by atoms with Gasteiger partial charge in [0.25, 0.3) is 0 Å². The van der Waals surface area contributed by atoms with Crippen LogP contribution in [0.4, 0.5) is 5.69 Å². The van der Waals surface area contributed by atoms with E-state index in [0.717, 1.165) is 30.9 Å². The van der Waals surface area contributed by atoms with Crippen molar-refractivity contribution in [1.82, 2.24) is 4.90 Å². The standard InChI is InChI=1S/C20H24N2O4/c1-26-16-4-2-3-15(12-16)21-7-9-22(10-8-21)19(23)17-13-5-6-14(11-13)18(17)20(24)25/h2-6,12-14,17-18H,7-11H2,1H3,(H,24,25)/t13-,14+,17-,18+/m1/s1. The third-order valence-electron chi connectivity index (χ3n) is 6.04. The number of allylic oxidation sites excluding steroid dienone is 2. The van der Waals surface area contributed by atoms with Gasteiger partial charge in [0.05, 0.1) is 18.9 Å². The summed E-state index contributed by atoms with van der Waals surface area (Å²) < 4.78 is 5.28. The third kappa shape index (κ3) is 2.83. The molecule has 1 aromatic rings. The Labute approximate surface area is 153 Å². The highest BCUT2D eigenvalue weighted by Crippen LogP contribution is 2.48. The Kier molecular flexibility index (Phi) is 4.34. The number of aliphatic carboxylic acids is 1. The lowest BCUT2D eigenvalue weighted by molar-refractivity contribution is -0.151. The first kappa shape index (κ1) is 16.9. The maximum atomic E-state index is 13.0. The number of carbonyl (C=O) groups is 2. The number of benzene rings is 1. The molecule has 26 heavy (non-hydrogen) atoms. The first-order valence-electron chi connectivity index (χ1n) is 9.17.